The molecule has 3 aromatic carbocycles. The summed E-state index contributed by atoms with van der Waals surface area (Å²) in [6, 6.07) is 25.4. The Hall–Kier alpha value is -6.92. The number of rotatable bonds is 24. The van der Waals surface area contributed by atoms with Gasteiger partial charge in [0.1, 0.15) is 11.4 Å². The molecular formula is C65H86N12O6. The van der Waals surface area contributed by atoms with Crippen LogP contribution in [0.2, 0.25) is 0 Å². The first-order chi connectivity index (χ1) is 40.3. The van der Waals surface area contributed by atoms with Crippen molar-refractivity contribution in [3.05, 3.63) is 131 Å². The largest absolute Gasteiger partial charge is 0.345 e. The zero-order valence-corrected chi connectivity index (χ0v) is 48.9. The number of fused-ring (bicyclic) bond motifs is 1. The van der Waals surface area contributed by atoms with Crippen molar-refractivity contribution < 1.29 is 28.8 Å². The van der Waals surface area contributed by atoms with Gasteiger partial charge < -0.3 is 31.9 Å². The van der Waals surface area contributed by atoms with Crippen LogP contribution in [0.5, 0.6) is 0 Å². The number of aromatic nitrogens is 6. The Balaban J connectivity index is 0.686. The van der Waals surface area contributed by atoms with Crippen LogP contribution in [0.4, 0.5) is 0 Å². The second kappa shape index (κ2) is 27.2. The Bertz CT molecular complexity index is 3020. The summed E-state index contributed by atoms with van der Waals surface area (Å²) in [4.78, 5) is 83.3. The van der Waals surface area contributed by atoms with E-state index in [0.29, 0.717) is 56.1 Å². The van der Waals surface area contributed by atoms with Gasteiger partial charge in [0.15, 0.2) is 11.6 Å². The summed E-state index contributed by atoms with van der Waals surface area (Å²) in [6.45, 7) is 4.92. The normalized spacial score (nSPS) is 26.3. The van der Waals surface area contributed by atoms with Gasteiger partial charge in [0.2, 0.25) is 23.6 Å². The summed E-state index contributed by atoms with van der Waals surface area (Å²) < 4.78 is 3.71. The van der Waals surface area contributed by atoms with Gasteiger partial charge in [0.25, 0.3) is 0 Å². The van der Waals surface area contributed by atoms with Crippen molar-refractivity contribution in [1.29, 1.82) is 0 Å². The van der Waals surface area contributed by atoms with E-state index in [9.17, 15) is 28.8 Å². The molecule has 6 N–H and O–H groups in total. The van der Waals surface area contributed by atoms with Crippen molar-refractivity contribution in [3.63, 3.8) is 0 Å². The van der Waals surface area contributed by atoms with Crippen molar-refractivity contribution in [2.75, 3.05) is 14.1 Å². The van der Waals surface area contributed by atoms with Gasteiger partial charge in [-0.1, -0.05) is 115 Å². The average Bonchev–Trinajstić information content (AvgIpc) is 2.86. The fraction of sp³-hybridized carbons (Fsp3) is 0.569. The molecule has 2 aromatic heterocycles. The number of hydrogen-bond donors (Lipinski definition) is 6. The van der Waals surface area contributed by atoms with Crippen molar-refractivity contribution in [3.8, 4) is 0 Å². The van der Waals surface area contributed by atoms with Crippen LogP contribution in [0, 0.1) is 40.9 Å². The Morgan fingerprint density at radius 2 is 1.08 bits per heavy atom. The Labute approximate surface area is 488 Å². The number of unbranched alkanes of at least 4 members (excludes halogenated alkanes) is 2. The number of carbonyl (C=O) groups is 6. The smallest absolute Gasteiger partial charge is 0.237 e. The van der Waals surface area contributed by atoms with Gasteiger partial charge in [-0.2, -0.15) is 0 Å². The molecule has 1 spiro atoms. The standard InChI is InChI=1S/C65H86N12O6/c1-41(66-3)61(80)68-51-26-12-11-20-45-32-33-49(55(45)59(51)78)63(82)70-57(46-21-7-5-8-22-46)53-39-76(74-72-53)36-15-13-18-43-28-30-44(31-29-43)19-14-16-37-77-40-54(73-75-77)58(47-23-9-6-10-24-47)71-64(83)50-34-35-65-38-48(65)25-17-27-52(60(79)56(50)65)69-62(81)42(2)67-4/h5-10,21-24,28-31,39-42,45,48-52,55-58,66-67H,11-20,25-27,32-38H2,1-4H3,(H,68,80)(H,69,81)(H,70,82)(H,71,83)/t41-,42-,45?,48-,49?,50?,51-,52-,55?,56?,57-,58-,65?/m0/s1. The molecule has 0 radical (unpaired) electrons. The predicted molar refractivity (Wildman–Crippen MR) is 315 cm³/mol. The van der Waals surface area contributed by atoms with Crippen molar-refractivity contribution in [1.82, 2.24) is 61.9 Å². The monoisotopic (exact) mass is 1130 g/mol. The van der Waals surface area contributed by atoms with Gasteiger partial charge in [-0.15, -0.1) is 10.2 Å². The number of nitrogens with one attached hydrogen (secondary N) is 6. The SMILES string of the molecule is CN[C@@H](C)C(=O)N[C@H]1CCCCC2CCC(C(=O)N[C@@H](c3ccccc3)c3cn(CCCCc4ccc(CCCCn5cc([C@@H](NC(=O)C6CCC78C[C@@H]7CCC[C@H](NC(=O)[C@H](C)NC)C(=O)C68)c6ccccc6)nn5)cc4)nn3)C2C1=O. The lowest BCUT2D eigenvalue weighted by Gasteiger charge is -2.32. The summed E-state index contributed by atoms with van der Waals surface area (Å²) in [5.74, 6) is -1.97. The molecule has 5 fully saturated rings. The van der Waals surface area contributed by atoms with Gasteiger partial charge in [0.05, 0.1) is 48.6 Å². The quantitative estimate of drug-likeness (QED) is 0.0340. The maximum Gasteiger partial charge on any atom is 0.237 e. The second-order valence-corrected chi connectivity index (χ2v) is 24.6. The van der Waals surface area contributed by atoms with Gasteiger partial charge in [-0.05, 0) is 164 Å². The maximum absolute atomic E-state index is 14.5. The van der Waals surface area contributed by atoms with Gasteiger partial charge in [-0.25, -0.2) is 0 Å². The number of aryl methyl sites for hydroxylation is 4. The van der Waals surface area contributed by atoms with E-state index in [1.54, 1.807) is 27.9 Å². The van der Waals surface area contributed by atoms with Crippen LogP contribution >= 0.6 is 0 Å². The molecule has 4 amide bonds. The number of nitrogens with zero attached hydrogens (tertiary/aromatic N) is 6. The topological polar surface area (TPSA) is 236 Å². The number of benzene rings is 3. The second-order valence-electron chi connectivity index (χ2n) is 24.6. The summed E-state index contributed by atoms with van der Waals surface area (Å²) in [5.41, 5.74) is 5.49. The summed E-state index contributed by atoms with van der Waals surface area (Å²) in [6.07, 6.45) is 19.2. The lowest BCUT2D eigenvalue weighted by atomic mass is 9.76. The highest BCUT2D eigenvalue weighted by atomic mass is 16.2. The van der Waals surface area contributed by atoms with Crippen molar-refractivity contribution in [2.45, 2.75) is 179 Å². The van der Waals surface area contributed by atoms with E-state index in [1.807, 2.05) is 82.4 Å². The van der Waals surface area contributed by atoms with Crippen molar-refractivity contribution >= 4 is 35.2 Å². The number of likely N-dealkylation sites (N-methyl/N-ethyl adjacent to an activating group) is 2. The number of ketones is 2. The Morgan fingerprint density at radius 1 is 0.578 bits per heavy atom. The number of Topliss-reactive ketones (excluding diaryl/α,β-unsaturated/α-hetero) is 2. The fourth-order valence-electron chi connectivity index (χ4n) is 14.4. The van der Waals surface area contributed by atoms with E-state index in [1.165, 1.54) is 11.1 Å². The van der Waals surface area contributed by atoms with E-state index >= 15 is 0 Å². The van der Waals surface area contributed by atoms with Gasteiger partial charge in [0, 0.05) is 36.8 Å². The number of amides is 4. The zero-order chi connectivity index (χ0) is 58.0. The molecule has 5 aromatic rings. The summed E-state index contributed by atoms with van der Waals surface area (Å²) in [7, 11) is 3.46. The minimum Gasteiger partial charge on any atom is -0.345 e. The highest BCUT2D eigenvalue weighted by Gasteiger charge is 2.67. The average molecular weight is 1130 g/mol. The van der Waals surface area contributed by atoms with Gasteiger partial charge in [-0.3, -0.25) is 38.1 Å². The van der Waals surface area contributed by atoms with Gasteiger partial charge >= 0.3 is 0 Å². The Morgan fingerprint density at radius 3 is 1.63 bits per heavy atom. The molecule has 442 valence electrons. The molecule has 18 heteroatoms. The third kappa shape index (κ3) is 13.9. The molecule has 18 nitrogen and oxygen atoms in total. The molecule has 0 bridgehead atoms. The third-order valence-corrected chi connectivity index (χ3v) is 19.4. The first kappa shape index (κ1) is 59.2. The van der Waals surface area contributed by atoms with E-state index in [2.05, 4.69) is 76.8 Å². The van der Waals surface area contributed by atoms with Crippen molar-refractivity contribution in [2.24, 2.45) is 40.9 Å². The van der Waals surface area contributed by atoms with Crippen LogP contribution in [0.1, 0.15) is 162 Å². The van der Waals surface area contributed by atoms with E-state index in [0.717, 1.165) is 101 Å². The molecular weight excluding hydrogens is 1040 g/mol. The molecule has 5 saturated carbocycles. The summed E-state index contributed by atoms with van der Waals surface area (Å²) in [5, 5.41) is 36.8. The molecule has 0 saturated heterocycles. The Kier molecular flexibility index (Phi) is 19.4. The molecule has 83 heavy (non-hydrogen) atoms. The van der Waals surface area contributed by atoms with E-state index < -0.39 is 59.9 Å². The lowest BCUT2D eigenvalue weighted by Crippen LogP contribution is -2.52. The highest BCUT2D eigenvalue weighted by Crippen LogP contribution is 2.70. The fourth-order valence-corrected chi connectivity index (χ4v) is 14.4. The third-order valence-electron chi connectivity index (χ3n) is 19.4. The lowest BCUT2D eigenvalue weighted by molar-refractivity contribution is -0.137. The van der Waals surface area contributed by atoms with Crippen LogP contribution in [-0.4, -0.2) is 103 Å². The summed E-state index contributed by atoms with van der Waals surface area (Å²) >= 11 is 0. The first-order valence-corrected chi connectivity index (χ1v) is 30.9. The first-order valence-electron chi connectivity index (χ1n) is 30.9. The molecule has 13 atom stereocenters. The van der Waals surface area contributed by atoms with E-state index in [-0.39, 0.29) is 46.5 Å². The number of hydrogen-bond acceptors (Lipinski definition) is 12. The molecule has 10 rings (SSSR count). The maximum atomic E-state index is 14.5. The predicted octanol–water partition coefficient (Wildman–Crippen LogP) is 7.08. The highest BCUT2D eigenvalue weighted by molar-refractivity contribution is 5.97. The molecule has 0 aliphatic heterocycles. The van der Waals surface area contributed by atoms with Crippen LogP contribution in [0.3, 0.4) is 0 Å². The molecule has 2 heterocycles. The minimum absolute atomic E-state index is 0.00946. The molecule has 5 aliphatic carbocycles. The van der Waals surface area contributed by atoms with Crippen LogP contribution in [-0.2, 0) is 54.7 Å². The van der Waals surface area contributed by atoms with E-state index in [4.69, 9.17) is 0 Å². The molecule has 6 unspecified atom stereocenters. The van der Waals surface area contributed by atoms with Crippen LogP contribution in [0.25, 0.3) is 0 Å². The number of carbonyl (C=O) groups excluding carboxylic acids is 6. The zero-order valence-electron chi connectivity index (χ0n) is 48.9. The minimum atomic E-state index is -0.601. The molecule has 5 aliphatic rings. The van der Waals surface area contributed by atoms with Crippen LogP contribution in [0.15, 0.2) is 97.3 Å². The van der Waals surface area contributed by atoms with Crippen LogP contribution < -0.4 is 31.9 Å².